The first-order valence-corrected chi connectivity index (χ1v) is 29.4. The number of phosphoric acid groups is 1. The number of unbranched alkanes of at least 4 members (excludes halogenated alkanes) is 23. The number of amides is 1. The average Bonchev–Trinajstić information content (AvgIpc) is 3.31. The molecular formula is C59H105N2O7P. The smallest absolute Gasteiger partial charge is 0.306 e. The number of esters is 1. The summed E-state index contributed by atoms with van der Waals surface area (Å²) in [5.41, 5.74) is 0. The molecule has 0 bridgehead atoms. The van der Waals surface area contributed by atoms with Crippen molar-refractivity contribution in [2.75, 3.05) is 40.9 Å². The number of likely N-dealkylation sites (N-methyl/N-ethyl adjacent to an activating group) is 1. The second-order valence-electron chi connectivity index (χ2n) is 19.8. The van der Waals surface area contributed by atoms with Gasteiger partial charge in [-0.15, -0.1) is 0 Å². The number of hydrogen-bond acceptors (Lipinski definition) is 7. The topological polar surface area (TPSA) is 114 Å². The minimum absolute atomic E-state index is 0.0328. The van der Waals surface area contributed by atoms with Crippen LogP contribution in [0, 0.1) is 0 Å². The molecule has 0 aliphatic carbocycles. The van der Waals surface area contributed by atoms with Gasteiger partial charge in [0.15, 0.2) is 0 Å². The number of carbonyl (C=O) groups is 2. The molecule has 0 saturated carbocycles. The Morgan fingerprint density at radius 1 is 0.536 bits per heavy atom. The highest BCUT2D eigenvalue weighted by atomic mass is 31.2. The number of rotatable bonds is 49. The van der Waals surface area contributed by atoms with E-state index in [0.29, 0.717) is 23.9 Å². The van der Waals surface area contributed by atoms with Crippen LogP contribution in [-0.4, -0.2) is 69.4 Å². The zero-order valence-electron chi connectivity index (χ0n) is 45.2. The van der Waals surface area contributed by atoms with E-state index in [1.165, 1.54) is 89.9 Å². The van der Waals surface area contributed by atoms with Gasteiger partial charge in [-0.25, -0.2) is 0 Å². The van der Waals surface area contributed by atoms with Gasteiger partial charge in [-0.3, -0.25) is 14.2 Å². The Bertz CT molecular complexity index is 1460. The fourth-order valence-electron chi connectivity index (χ4n) is 7.53. The quantitative estimate of drug-likeness (QED) is 0.0161. The molecule has 1 amide bonds. The second kappa shape index (κ2) is 48.8. The van der Waals surface area contributed by atoms with Gasteiger partial charge < -0.3 is 28.5 Å². The van der Waals surface area contributed by atoms with Crippen LogP contribution in [0.3, 0.4) is 0 Å². The van der Waals surface area contributed by atoms with Gasteiger partial charge in [0.25, 0.3) is 7.82 Å². The lowest BCUT2D eigenvalue weighted by Crippen LogP contribution is -2.47. The van der Waals surface area contributed by atoms with Crippen LogP contribution in [0.2, 0.25) is 0 Å². The van der Waals surface area contributed by atoms with Gasteiger partial charge in [-0.1, -0.05) is 209 Å². The van der Waals surface area contributed by atoms with Crippen molar-refractivity contribution in [2.24, 2.45) is 0 Å². The van der Waals surface area contributed by atoms with E-state index in [1.807, 2.05) is 33.3 Å². The van der Waals surface area contributed by atoms with Crippen molar-refractivity contribution < 1.29 is 37.3 Å². The summed E-state index contributed by atoms with van der Waals surface area (Å²) >= 11 is 0. The molecule has 3 atom stereocenters. The number of ether oxygens (including phenoxy) is 1. The maximum atomic E-state index is 13.5. The number of nitrogens with zero attached hydrogens (tertiary/aromatic N) is 1. The van der Waals surface area contributed by atoms with E-state index < -0.39 is 26.6 Å². The van der Waals surface area contributed by atoms with Crippen LogP contribution in [0.15, 0.2) is 85.1 Å². The normalized spacial score (nSPS) is 14.5. The van der Waals surface area contributed by atoms with Crippen LogP contribution in [-0.2, 0) is 27.9 Å². The highest BCUT2D eigenvalue weighted by Gasteiger charge is 2.27. The maximum absolute atomic E-state index is 13.5. The molecule has 69 heavy (non-hydrogen) atoms. The molecule has 398 valence electrons. The van der Waals surface area contributed by atoms with Crippen molar-refractivity contribution in [3.63, 3.8) is 0 Å². The highest BCUT2D eigenvalue weighted by Crippen LogP contribution is 2.38. The van der Waals surface area contributed by atoms with Gasteiger partial charge in [-0.05, 0) is 89.5 Å². The molecular weight excluding hydrogens is 880 g/mol. The number of hydrogen-bond donors (Lipinski definition) is 1. The third kappa shape index (κ3) is 49.9. The number of allylic oxidation sites excluding steroid dienone is 13. The summed E-state index contributed by atoms with van der Waals surface area (Å²) in [4.78, 5) is 39.8. The summed E-state index contributed by atoms with van der Waals surface area (Å²) in [6.45, 7) is 6.63. The molecule has 0 radical (unpaired) electrons. The predicted octanol–water partition coefficient (Wildman–Crippen LogP) is 16.0. The maximum Gasteiger partial charge on any atom is 0.306 e. The standard InChI is InChI=1S/C59H105N2O7P/c1-7-10-13-16-19-22-25-27-29-30-32-33-36-39-42-45-48-51-58(62)60-56(55-67-69(64,65)66-54-53-61(4,5)6)57(50-47-44-41-38-35-24-21-18-15-12-9-3)68-59(63)52-49-46-43-40-37-34-31-28-26-23-20-17-14-11-8-2/h11,14,17,19-20,22-23,26-27,29,32-33,47,50,56-57H,7-10,12-13,15-16,18,21,24-25,28,30-31,34-46,48-49,51-55H2,1-6H3,(H-,60,62,64,65)/b14-11+,20-17+,22-19-,26-23+,29-27-,33-32-,50-47+. The van der Waals surface area contributed by atoms with E-state index in [-0.39, 0.29) is 31.3 Å². The summed E-state index contributed by atoms with van der Waals surface area (Å²) in [6, 6.07) is -0.908. The van der Waals surface area contributed by atoms with Crippen LogP contribution in [0.25, 0.3) is 0 Å². The van der Waals surface area contributed by atoms with Crippen molar-refractivity contribution in [3.05, 3.63) is 85.1 Å². The Labute approximate surface area is 425 Å². The third-order valence-electron chi connectivity index (χ3n) is 11.9. The lowest BCUT2D eigenvalue weighted by Gasteiger charge is -2.30. The molecule has 0 rings (SSSR count). The van der Waals surface area contributed by atoms with Gasteiger partial charge in [0, 0.05) is 12.8 Å². The summed E-state index contributed by atoms with van der Waals surface area (Å²) in [7, 11) is 1.15. The molecule has 9 nitrogen and oxygen atoms in total. The van der Waals surface area contributed by atoms with E-state index >= 15 is 0 Å². The van der Waals surface area contributed by atoms with E-state index in [2.05, 4.69) is 99.0 Å². The number of carbonyl (C=O) groups excluding carboxylic acids is 2. The molecule has 0 aliphatic rings. The molecule has 0 aromatic carbocycles. The van der Waals surface area contributed by atoms with Crippen molar-refractivity contribution in [2.45, 2.75) is 238 Å². The van der Waals surface area contributed by atoms with E-state index in [9.17, 15) is 19.0 Å². The third-order valence-corrected chi connectivity index (χ3v) is 12.8. The predicted molar refractivity (Wildman–Crippen MR) is 293 cm³/mol. The minimum atomic E-state index is -4.70. The van der Waals surface area contributed by atoms with E-state index in [0.717, 1.165) is 89.9 Å². The molecule has 0 fully saturated rings. The monoisotopic (exact) mass is 985 g/mol. The van der Waals surface area contributed by atoms with Gasteiger partial charge in [0.2, 0.25) is 5.91 Å². The zero-order chi connectivity index (χ0) is 50.8. The van der Waals surface area contributed by atoms with Gasteiger partial charge >= 0.3 is 5.97 Å². The first-order valence-electron chi connectivity index (χ1n) is 27.9. The summed E-state index contributed by atoms with van der Waals surface area (Å²) in [6.07, 6.45) is 62.6. The molecule has 0 aliphatic heterocycles. The Balaban J connectivity index is 5.41. The molecule has 0 heterocycles. The summed E-state index contributed by atoms with van der Waals surface area (Å²) in [5, 5.41) is 3.00. The van der Waals surface area contributed by atoms with E-state index in [4.69, 9.17) is 13.8 Å². The van der Waals surface area contributed by atoms with Crippen molar-refractivity contribution >= 4 is 19.7 Å². The average molecular weight is 985 g/mol. The van der Waals surface area contributed by atoms with Crippen LogP contribution in [0.1, 0.15) is 226 Å². The first kappa shape index (κ1) is 66.2. The van der Waals surface area contributed by atoms with Crippen LogP contribution in [0.5, 0.6) is 0 Å². The highest BCUT2D eigenvalue weighted by molar-refractivity contribution is 7.45. The van der Waals surface area contributed by atoms with Gasteiger partial charge in [0.1, 0.15) is 19.3 Å². The summed E-state index contributed by atoms with van der Waals surface area (Å²) in [5.74, 6) is -0.586. The lowest BCUT2D eigenvalue weighted by molar-refractivity contribution is -0.870. The fourth-order valence-corrected chi connectivity index (χ4v) is 8.25. The molecule has 0 spiro atoms. The van der Waals surface area contributed by atoms with Gasteiger partial charge in [-0.2, -0.15) is 0 Å². The van der Waals surface area contributed by atoms with Crippen LogP contribution < -0.4 is 10.2 Å². The van der Waals surface area contributed by atoms with E-state index in [1.54, 1.807) is 0 Å². The number of phosphoric ester groups is 1. The molecule has 1 N–H and O–H groups in total. The molecule has 0 aromatic rings. The van der Waals surface area contributed by atoms with Crippen molar-refractivity contribution in [3.8, 4) is 0 Å². The SMILES string of the molecule is CC/C=C/C=C/C=C/CCCCCCCCCC(=O)OC(/C=C/CCCCCCCCCCC)C(COP(=O)([O-])OCC[N+](C)(C)C)NC(=O)CCCCCC/C=C\C/C=C\C/C=C\CCCCC. The van der Waals surface area contributed by atoms with Crippen molar-refractivity contribution in [1.82, 2.24) is 5.32 Å². The Morgan fingerprint density at radius 2 is 0.986 bits per heavy atom. The lowest BCUT2D eigenvalue weighted by atomic mass is 10.1. The Hall–Kier alpha value is -2.81. The van der Waals surface area contributed by atoms with Crippen LogP contribution in [0.4, 0.5) is 0 Å². The second-order valence-corrected chi connectivity index (χ2v) is 21.2. The van der Waals surface area contributed by atoms with Gasteiger partial charge in [0.05, 0.1) is 33.8 Å². The summed E-state index contributed by atoms with van der Waals surface area (Å²) < 4.78 is 30.2. The minimum Gasteiger partial charge on any atom is -0.756 e. The number of quaternary nitrogens is 1. The number of nitrogens with one attached hydrogen (secondary N) is 1. The van der Waals surface area contributed by atoms with Crippen LogP contribution >= 0.6 is 7.82 Å². The van der Waals surface area contributed by atoms with Crippen molar-refractivity contribution in [1.29, 1.82) is 0 Å². The Kier molecular flexibility index (Phi) is 46.8. The zero-order valence-corrected chi connectivity index (χ0v) is 46.1. The first-order chi connectivity index (χ1) is 33.4. The largest absolute Gasteiger partial charge is 0.756 e. The Morgan fingerprint density at radius 3 is 1.54 bits per heavy atom. The molecule has 0 saturated heterocycles. The molecule has 10 heteroatoms. The molecule has 0 aromatic heterocycles. The molecule has 3 unspecified atom stereocenters. The fraction of sp³-hybridized carbons (Fsp3) is 0.729.